The van der Waals surface area contributed by atoms with Crippen LogP contribution in [0.1, 0.15) is 52.7 Å². The number of aliphatic hydroxyl groups is 2. The van der Waals surface area contributed by atoms with Gasteiger partial charge in [0.2, 0.25) is 20.0 Å². The molecule has 2 aliphatic heterocycles. The van der Waals surface area contributed by atoms with Gasteiger partial charge in [-0.15, -0.1) is 0 Å². The van der Waals surface area contributed by atoms with Crippen molar-refractivity contribution < 1.29 is 27.0 Å². The monoisotopic (exact) mass is 748 g/mol. The third-order valence-electron chi connectivity index (χ3n) is 9.75. The molecular formula is C40H52N4O6S2. The average molecular weight is 749 g/mol. The van der Waals surface area contributed by atoms with Gasteiger partial charge in [0.15, 0.2) is 0 Å². The van der Waals surface area contributed by atoms with Crippen LogP contribution < -0.4 is 9.80 Å². The molecule has 0 radical (unpaired) electrons. The minimum Gasteiger partial charge on any atom is -0.386 e. The van der Waals surface area contributed by atoms with Crippen LogP contribution in [0.4, 0.5) is 11.4 Å². The molecule has 2 N–H and O–H groups in total. The van der Waals surface area contributed by atoms with Crippen LogP contribution in [0.25, 0.3) is 0 Å². The Morgan fingerprint density at radius 1 is 0.500 bits per heavy atom. The molecule has 0 saturated carbocycles. The van der Waals surface area contributed by atoms with E-state index in [1.807, 2.05) is 74.5 Å². The topological polar surface area (TPSA) is 122 Å². The molecule has 280 valence electrons. The number of piperazine rings is 2. The van der Waals surface area contributed by atoms with Gasteiger partial charge in [-0.1, -0.05) is 60.7 Å². The second-order valence-electron chi connectivity index (χ2n) is 14.6. The van der Waals surface area contributed by atoms with Gasteiger partial charge in [0, 0.05) is 62.7 Å². The Kier molecular flexibility index (Phi) is 11.9. The second-order valence-corrected chi connectivity index (χ2v) is 18.5. The smallest absolute Gasteiger partial charge is 0.243 e. The number of hydrogen-bond acceptors (Lipinski definition) is 8. The molecule has 2 saturated heterocycles. The molecule has 52 heavy (non-hydrogen) atoms. The second kappa shape index (κ2) is 15.7. The van der Waals surface area contributed by atoms with Crippen molar-refractivity contribution >= 4 is 31.4 Å². The first-order valence-electron chi connectivity index (χ1n) is 17.7. The summed E-state index contributed by atoms with van der Waals surface area (Å²) < 4.78 is 54.4. The summed E-state index contributed by atoms with van der Waals surface area (Å²) in [5, 5.41) is 20.2. The fraction of sp³-hybridized carbons (Fsp3) is 0.400. The fourth-order valence-electron chi connectivity index (χ4n) is 6.66. The molecule has 2 atom stereocenters. The van der Waals surface area contributed by atoms with Crippen molar-refractivity contribution in [2.24, 2.45) is 0 Å². The lowest BCUT2D eigenvalue weighted by Gasteiger charge is -2.40. The first kappa shape index (κ1) is 39.4. The molecule has 4 aromatic rings. The van der Waals surface area contributed by atoms with Crippen molar-refractivity contribution in [3.8, 4) is 0 Å². The lowest BCUT2D eigenvalue weighted by atomic mass is 9.98. The van der Waals surface area contributed by atoms with Gasteiger partial charge in [-0.05, 0) is 101 Å². The number of sulfonamides is 2. The number of hydrogen-bond donors (Lipinski definition) is 2. The summed E-state index contributed by atoms with van der Waals surface area (Å²) in [7, 11) is -6.91. The Labute approximate surface area is 310 Å². The molecule has 6 rings (SSSR count). The van der Waals surface area contributed by atoms with E-state index in [1.165, 1.54) is 0 Å². The highest BCUT2D eigenvalue weighted by molar-refractivity contribution is 7.89. The van der Waals surface area contributed by atoms with Crippen molar-refractivity contribution in [3.05, 3.63) is 120 Å². The van der Waals surface area contributed by atoms with E-state index in [0.29, 0.717) is 49.1 Å². The maximum atomic E-state index is 12.8. The molecule has 2 fully saturated rings. The van der Waals surface area contributed by atoms with E-state index in [0.717, 1.165) is 22.5 Å². The quantitative estimate of drug-likeness (QED) is 0.238. The molecule has 0 amide bonds. The first-order valence-corrected chi connectivity index (χ1v) is 20.6. The predicted molar refractivity (Wildman–Crippen MR) is 207 cm³/mol. The van der Waals surface area contributed by atoms with Crippen molar-refractivity contribution in [2.45, 2.75) is 74.6 Å². The van der Waals surface area contributed by atoms with E-state index < -0.39 is 31.2 Å². The van der Waals surface area contributed by atoms with Crippen molar-refractivity contribution in [1.29, 1.82) is 0 Å². The van der Waals surface area contributed by atoms with Gasteiger partial charge >= 0.3 is 0 Å². The van der Waals surface area contributed by atoms with Gasteiger partial charge in [-0.3, -0.25) is 0 Å². The van der Waals surface area contributed by atoms with Gasteiger partial charge in [0.1, 0.15) is 0 Å². The minimum absolute atomic E-state index is 0.0650. The fourth-order valence-corrected chi connectivity index (χ4v) is 9.72. The summed E-state index contributed by atoms with van der Waals surface area (Å²) in [5.41, 5.74) is 2.07. The van der Waals surface area contributed by atoms with E-state index in [-0.39, 0.29) is 12.1 Å². The Bertz CT molecular complexity index is 1830. The molecule has 0 aliphatic carbocycles. The Morgan fingerprint density at radius 2 is 0.808 bits per heavy atom. The van der Waals surface area contributed by atoms with Crippen LogP contribution in [0.3, 0.4) is 0 Å². The van der Waals surface area contributed by atoms with Gasteiger partial charge < -0.3 is 20.0 Å². The van der Waals surface area contributed by atoms with Crippen molar-refractivity contribution in [1.82, 2.24) is 8.61 Å². The maximum absolute atomic E-state index is 12.8. The van der Waals surface area contributed by atoms with Gasteiger partial charge in [0.05, 0.1) is 21.0 Å². The Hall–Kier alpha value is -3.78. The molecule has 0 aromatic heterocycles. The third kappa shape index (κ3) is 9.05. The SMILES string of the molecule is C[C@H]1CN(S(=O)(=O)c2ccccc2)CCN1c1ccc(C(C)(C)O)cc1.C[C@H]1CN(S(=O)(=O)c2ccccc2)CCN1c1ccc(C(C)(C)O)cc1. The summed E-state index contributed by atoms with van der Waals surface area (Å²) in [6.07, 6.45) is 0. The normalized spacial score (nSPS) is 19.5. The molecule has 2 aliphatic rings. The highest BCUT2D eigenvalue weighted by Crippen LogP contribution is 2.29. The van der Waals surface area contributed by atoms with E-state index in [4.69, 9.17) is 0 Å². The van der Waals surface area contributed by atoms with Crippen molar-refractivity contribution in [3.63, 3.8) is 0 Å². The highest BCUT2D eigenvalue weighted by atomic mass is 32.2. The van der Waals surface area contributed by atoms with Crippen LogP contribution in [-0.4, -0.2) is 87.0 Å². The van der Waals surface area contributed by atoms with Crippen LogP contribution in [-0.2, 0) is 31.2 Å². The molecule has 2 heterocycles. The van der Waals surface area contributed by atoms with Crippen LogP contribution in [0, 0.1) is 0 Å². The maximum Gasteiger partial charge on any atom is 0.243 e. The number of benzene rings is 4. The zero-order valence-corrected chi connectivity index (χ0v) is 32.6. The lowest BCUT2D eigenvalue weighted by molar-refractivity contribution is 0.0780. The Morgan fingerprint density at radius 3 is 1.08 bits per heavy atom. The Balaban J connectivity index is 0.000000201. The standard InChI is InChI=1S/2C20H26N2O3S/c2*1-16-15-21(26(24,25)19-7-5-4-6-8-19)13-14-22(16)18-11-9-17(10-12-18)20(2,3)23/h2*4-12,16,23H,13-15H2,1-3H3/t2*16-/m00/s1. The van der Waals surface area contributed by atoms with Crippen LogP contribution >= 0.6 is 0 Å². The van der Waals surface area contributed by atoms with Gasteiger partial charge in [-0.25, -0.2) is 16.8 Å². The number of rotatable bonds is 8. The molecule has 12 heteroatoms. The highest BCUT2D eigenvalue weighted by Gasteiger charge is 2.34. The molecule has 0 bridgehead atoms. The molecule has 4 aromatic carbocycles. The van der Waals surface area contributed by atoms with E-state index >= 15 is 0 Å². The minimum atomic E-state index is -3.45. The van der Waals surface area contributed by atoms with Crippen LogP contribution in [0.5, 0.6) is 0 Å². The number of nitrogens with zero attached hydrogens (tertiary/aromatic N) is 4. The molecule has 10 nitrogen and oxygen atoms in total. The summed E-state index contributed by atoms with van der Waals surface area (Å²) in [6.45, 7) is 14.2. The summed E-state index contributed by atoms with van der Waals surface area (Å²) in [5.74, 6) is 0. The lowest BCUT2D eigenvalue weighted by Crippen LogP contribution is -2.53. The first-order chi connectivity index (χ1) is 24.4. The van der Waals surface area contributed by atoms with E-state index in [1.54, 1.807) is 84.8 Å². The molecular weight excluding hydrogens is 697 g/mol. The van der Waals surface area contributed by atoms with Crippen LogP contribution in [0.15, 0.2) is 119 Å². The zero-order chi connectivity index (χ0) is 37.9. The van der Waals surface area contributed by atoms with E-state index in [2.05, 4.69) is 9.80 Å². The summed E-state index contributed by atoms with van der Waals surface area (Å²) in [4.78, 5) is 5.11. The predicted octanol–water partition coefficient (Wildman–Crippen LogP) is 5.63. The zero-order valence-electron chi connectivity index (χ0n) is 30.9. The van der Waals surface area contributed by atoms with Gasteiger partial charge in [-0.2, -0.15) is 8.61 Å². The van der Waals surface area contributed by atoms with Gasteiger partial charge in [0.25, 0.3) is 0 Å². The number of anilines is 2. The molecule has 0 spiro atoms. The van der Waals surface area contributed by atoms with E-state index in [9.17, 15) is 27.0 Å². The summed E-state index contributed by atoms with van der Waals surface area (Å²) >= 11 is 0. The van der Waals surface area contributed by atoms with Crippen molar-refractivity contribution in [2.75, 3.05) is 49.1 Å². The average Bonchev–Trinajstić information content (AvgIpc) is 3.12. The molecule has 0 unspecified atom stereocenters. The largest absolute Gasteiger partial charge is 0.386 e. The summed E-state index contributed by atoms with van der Waals surface area (Å²) in [6, 6.07) is 33.0. The van der Waals surface area contributed by atoms with Crippen LogP contribution in [0.2, 0.25) is 0 Å². The third-order valence-corrected chi connectivity index (χ3v) is 13.5.